The predicted octanol–water partition coefficient (Wildman–Crippen LogP) is 3.23. The molecule has 7 heteroatoms. The Labute approximate surface area is 158 Å². The van der Waals surface area contributed by atoms with Crippen LogP contribution < -0.4 is 0 Å². The van der Waals surface area contributed by atoms with Gasteiger partial charge in [-0.25, -0.2) is 0 Å². The summed E-state index contributed by atoms with van der Waals surface area (Å²) in [4.78, 5) is 10.9. The molecule has 0 N–H and O–H groups in total. The molecule has 0 bridgehead atoms. The van der Waals surface area contributed by atoms with Gasteiger partial charge in [0.25, 0.3) is 0 Å². The second kappa shape index (κ2) is 7.15. The van der Waals surface area contributed by atoms with Crippen molar-refractivity contribution >= 4 is 6.21 Å². The molecule has 0 amide bonds. The van der Waals surface area contributed by atoms with Gasteiger partial charge in [-0.05, 0) is 39.3 Å². The van der Waals surface area contributed by atoms with E-state index in [0.29, 0.717) is 19.8 Å². The predicted molar refractivity (Wildman–Crippen MR) is 101 cm³/mol. The second-order valence-corrected chi connectivity index (χ2v) is 7.25. The summed E-state index contributed by atoms with van der Waals surface area (Å²) in [6.45, 7) is 8.58. The molecule has 2 aromatic heterocycles. The van der Waals surface area contributed by atoms with E-state index in [0.717, 1.165) is 47.2 Å². The summed E-state index contributed by atoms with van der Waals surface area (Å²) in [7, 11) is 0. The molecular formula is C20H24N4O3. The maximum absolute atomic E-state index is 6.18. The molecular weight excluding hydrogens is 344 g/mol. The molecule has 0 unspecified atom stereocenters. The summed E-state index contributed by atoms with van der Waals surface area (Å²) in [6, 6.07) is 3.96. The van der Waals surface area contributed by atoms with E-state index >= 15 is 0 Å². The third-order valence-corrected chi connectivity index (χ3v) is 5.20. The highest BCUT2D eigenvalue weighted by molar-refractivity contribution is 5.63. The lowest BCUT2D eigenvalue weighted by Crippen LogP contribution is -2.48. The highest BCUT2D eigenvalue weighted by atomic mass is 16.5. The molecule has 1 atom stereocenters. The average molecular weight is 368 g/mol. The van der Waals surface area contributed by atoms with Crippen LogP contribution in [0.1, 0.15) is 30.4 Å². The van der Waals surface area contributed by atoms with Crippen molar-refractivity contribution in [2.75, 3.05) is 19.8 Å². The fraction of sp³-hybridized carbons (Fsp3) is 0.450. The number of hydrogen-bond donors (Lipinski definition) is 0. The zero-order valence-corrected chi connectivity index (χ0v) is 15.9. The summed E-state index contributed by atoms with van der Waals surface area (Å²) in [6.07, 6.45) is 6.44. The monoisotopic (exact) mass is 368 g/mol. The van der Waals surface area contributed by atoms with Gasteiger partial charge in [0.05, 0.1) is 30.5 Å². The van der Waals surface area contributed by atoms with E-state index < -0.39 is 0 Å². The maximum atomic E-state index is 6.18. The van der Waals surface area contributed by atoms with Crippen LogP contribution in [0.25, 0.3) is 11.3 Å². The summed E-state index contributed by atoms with van der Waals surface area (Å²) >= 11 is 0. The van der Waals surface area contributed by atoms with Gasteiger partial charge in [0.1, 0.15) is 18.1 Å². The molecule has 0 aromatic carbocycles. The fourth-order valence-electron chi connectivity index (χ4n) is 3.42. The Morgan fingerprint density at radius 1 is 1.30 bits per heavy atom. The third-order valence-electron chi connectivity index (χ3n) is 5.20. The largest absolute Gasteiger partial charge is 0.473 e. The normalized spacial score (nSPS) is 22.2. The SMILES string of the molecule is Cc1ccc(-c2noc(C)c2COC2=CN=CCN2[C@]2(C)CCOC2)cn1. The van der Waals surface area contributed by atoms with E-state index in [1.54, 1.807) is 6.20 Å². The summed E-state index contributed by atoms with van der Waals surface area (Å²) in [5, 5.41) is 4.21. The molecule has 4 rings (SSSR count). The van der Waals surface area contributed by atoms with E-state index in [1.165, 1.54) is 0 Å². The second-order valence-electron chi connectivity index (χ2n) is 7.25. The van der Waals surface area contributed by atoms with E-state index in [4.69, 9.17) is 14.0 Å². The van der Waals surface area contributed by atoms with Crippen LogP contribution in [0.2, 0.25) is 0 Å². The Bertz CT molecular complexity index is 864. The van der Waals surface area contributed by atoms with Gasteiger partial charge in [0, 0.05) is 30.3 Å². The number of hydrogen-bond acceptors (Lipinski definition) is 7. The molecule has 2 aliphatic heterocycles. The summed E-state index contributed by atoms with van der Waals surface area (Å²) < 4.78 is 17.2. The maximum Gasteiger partial charge on any atom is 0.209 e. The van der Waals surface area contributed by atoms with E-state index in [-0.39, 0.29) is 5.54 Å². The lowest BCUT2D eigenvalue weighted by molar-refractivity contribution is 0.0353. The summed E-state index contributed by atoms with van der Waals surface area (Å²) in [5.41, 5.74) is 3.49. The zero-order valence-electron chi connectivity index (χ0n) is 15.9. The highest BCUT2D eigenvalue weighted by Gasteiger charge is 2.38. The van der Waals surface area contributed by atoms with Gasteiger partial charge in [0.2, 0.25) is 5.88 Å². The van der Waals surface area contributed by atoms with Gasteiger partial charge in [0.15, 0.2) is 0 Å². The highest BCUT2D eigenvalue weighted by Crippen LogP contribution is 2.32. The Morgan fingerprint density at radius 3 is 2.93 bits per heavy atom. The van der Waals surface area contributed by atoms with Crippen LogP contribution in [0.3, 0.4) is 0 Å². The number of ether oxygens (including phenoxy) is 2. The van der Waals surface area contributed by atoms with E-state index in [1.807, 2.05) is 38.4 Å². The topological polar surface area (TPSA) is 73.0 Å². The summed E-state index contributed by atoms with van der Waals surface area (Å²) in [5.74, 6) is 1.49. The molecule has 0 saturated carbocycles. The Kier molecular flexibility index (Phi) is 4.70. The van der Waals surface area contributed by atoms with Crippen LogP contribution in [-0.4, -0.2) is 46.6 Å². The van der Waals surface area contributed by atoms with Crippen molar-refractivity contribution in [3.8, 4) is 11.3 Å². The lowest BCUT2D eigenvalue weighted by atomic mass is 9.99. The first-order valence-corrected chi connectivity index (χ1v) is 9.15. The van der Waals surface area contributed by atoms with Crippen molar-refractivity contribution in [3.63, 3.8) is 0 Å². The Balaban J connectivity index is 1.54. The van der Waals surface area contributed by atoms with Crippen molar-refractivity contribution in [1.82, 2.24) is 15.0 Å². The van der Waals surface area contributed by atoms with Crippen LogP contribution in [0.15, 0.2) is 39.9 Å². The number of pyridine rings is 1. The van der Waals surface area contributed by atoms with Gasteiger partial charge in [-0.15, -0.1) is 0 Å². The first-order chi connectivity index (χ1) is 13.1. The van der Waals surface area contributed by atoms with Crippen molar-refractivity contribution in [2.45, 2.75) is 39.3 Å². The van der Waals surface area contributed by atoms with Crippen LogP contribution in [-0.2, 0) is 16.1 Å². The number of nitrogens with zero attached hydrogens (tertiary/aromatic N) is 4. The average Bonchev–Trinajstić information content (AvgIpc) is 3.28. The Hall–Kier alpha value is -2.67. The fourth-order valence-corrected chi connectivity index (χ4v) is 3.42. The minimum absolute atomic E-state index is 0.0777. The Morgan fingerprint density at radius 2 is 2.19 bits per heavy atom. The van der Waals surface area contributed by atoms with Gasteiger partial charge < -0.3 is 18.9 Å². The number of aromatic nitrogens is 2. The smallest absolute Gasteiger partial charge is 0.209 e. The van der Waals surface area contributed by atoms with Gasteiger partial charge in [-0.2, -0.15) is 0 Å². The molecule has 4 heterocycles. The van der Waals surface area contributed by atoms with Crippen molar-refractivity contribution in [1.29, 1.82) is 0 Å². The zero-order chi connectivity index (χ0) is 18.9. The molecule has 27 heavy (non-hydrogen) atoms. The van der Waals surface area contributed by atoms with Gasteiger partial charge in [-0.1, -0.05) is 5.16 Å². The standard InChI is InChI=1S/C20H24N4O3/c1-14-4-5-16(10-22-14)19-17(15(2)27-23-19)12-26-18-11-21-7-8-24(18)20(3)6-9-25-13-20/h4-5,7,10-11H,6,8-9,12-13H2,1-3H3/t20-/m1/s1. The molecule has 0 spiro atoms. The quantitative estimate of drug-likeness (QED) is 0.807. The van der Waals surface area contributed by atoms with Crippen molar-refractivity contribution in [2.24, 2.45) is 4.99 Å². The molecule has 1 saturated heterocycles. The third kappa shape index (κ3) is 3.47. The van der Waals surface area contributed by atoms with Crippen molar-refractivity contribution in [3.05, 3.63) is 47.4 Å². The van der Waals surface area contributed by atoms with Crippen molar-refractivity contribution < 1.29 is 14.0 Å². The van der Waals surface area contributed by atoms with Crippen LogP contribution in [0.4, 0.5) is 0 Å². The van der Waals surface area contributed by atoms with E-state index in [9.17, 15) is 0 Å². The van der Waals surface area contributed by atoms with Gasteiger partial charge in [-0.3, -0.25) is 9.98 Å². The van der Waals surface area contributed by atoms with Crippen LogP contribution in [0, 0.1) is 13.8 Å². The lowest BCUT2D eigenvalue weighted by Gasteiger charge is -2.39. The molecule has 7 nitrogen and oxygen atoms in total. The molecule has 0 aliphatic carbocycles. The molecule has 2 aromatic rings. The molecule has 142 valence electrons. The molecule has 2 aliphatic rings. The first-order valence-electron chi connectivity index (χ1n) is 9.15. The number of aryl methyl sites for hydroxylation is 2. The van der Waals surface area contributed by atoms with Crippen LogP contribution in [0.5, 0.6) is 0 Å². The number of aliphatic imine (C=N–C) groups is 1. The molecule has 1 fully saturated rings. The molecule has 0 radical (unpaired) electrons. The minimum Gasteiger partial charge on any atom is -0.473 e. The van der Waals surface area contributed by atoms with E-state index in [2.05, 4.69) is 27.0 Å². The minimum atomic E-state index is -0.0777. The van der Waals surface area contributed by atoms with Gasteiger partial charge >= 0.3 is 0 Å². The first kappa shape index (κ1) is 17.7. The van der Waals surface area contributed by atoms with Crippen LogP contribution >= 0.6 is 0 Å². The number of rotatable bonds is 5.